The monoisotopic (exact) mass is 247 g/mol. The van der Waals surface area contributed by atoms with E-state index in [1.165, 1.54) is 11.8 Å². The van der Waals surface area contributed by atoms with Crippen LogP contribution in [-0.4, -0.2) is 35.0 Å². The van der Waals surface area contributed by atoms with Crippen LogP contribution in [-0.2, 0) is 9.59 Å². The Hall–Kier alpha value is -0.710. The second-order valence-electron chi connectivity index (χ2n) is 3.91. The molecule has 0 aromatic rings. The van der Waals surface area contributed by atoms with Gasteiger partial charge in [0.1, 0.15) is 0 Å². The standard InChI is InChI=1S/C11H21NO3S/c1-4-8(2)9(3)11(15)12-5-6-16-7-10(13)14/h8-9H,4-7H2,1-3H3,(H,12,15)(H,13,14). The molecule has 0 radical (unpaired) electrons. The summed E-state index contributed by atoms with van der Waals surface area (Å²) in [5, 5.41) is 11.2. The van der Waals surface area contributed by atoms with Gasteiger partial charge in [0.15, 0.2) is 0 Å². The van der Waals surface area contributed by atoms with Gasteiger partial charge in [-0.1, -0.05) is 27.2 Å². The molecule has 0 bridgehead atoms. The first-order valence-corrected chi connectivity index (χ1v) is 6.71. The van der Waals surface area contributed by atoms with Gasteiger partial charge < -0.3 is 10.4 Å². The van der Waals surface area contributed by atoms with Gasteiger partial charge in [0.05, 0.1) is 5.75 Å². The van der Waals surface area contributed by atoms with Crippen molar-refractivity contribution in [2.45, 2.75) is 27.2 Å². The minimum Gasteiger partial charge on any atom is -0.481 e. The van der Waals surface area contributed by atoms with E-state index >= 15 is 0 Å². The summed E-state index contributed by atoms with van der Waals surface area (Å²) in [6, 6.07) is 0. The summed E-state index contributed by atoms with van der Waals surface area (Å²) in [6.45, 7) is 6.59. The van der Waals surface area contributed by atoms with Crippen molar-refractivity contribution >= 4 is 23.6 Å². The Morgan fingerprint density at radius 3 is 2.50 bits per heavy atom. The lowest BCUT2D eigenvalue weighted by atomic mass is 9.93. The number of aliphatic carboxylic acids is 1. The topological polar surface area (TPSA) is 66.4 Å². The molecular weight excluding hydrogens is 226 g/mol. The SMILES string of the molecule is CCC(C)C(C)C(=O)NCCSCC(=O)O. The highest BCUT2D eigenvalue weighted by atomic mass is 32.2. The van der Waals surface area contributed by atoms with E-state index in [4.69, 9.17) is 5.11 Å². The van der Waals surface area contributed by atoms with Gasteiger partial charge in [0, 0.05) is 18.2 Å². The molecule has 0 aliphatic carbocycles. The van der Waals surface area contributed by atoms with Crippen LogP contribution in [0.4, 0.5) is 0 Å². The van der Waals surface area contributed by atoms with E-state index < -0.39 is 5.97 Å². The summed E-state index contributed by atoms with van der Waals surface area (Å²) < 4.78 is 0. The second kappa shape index (κ2) is 8.44. The maximum atomic E-state index is 11.6. The number of carboxylic acid groups (broad SMARTS) is 1. The molecule has 0 aliphatic heterocycles. The summed E-state index contributed by atoms with van der Waals surface area (Å²) in [5.74, 6) is 0.387. The zero-order valence-electron chi connectivity index (χ0n) is 10.2. The fraction of sp³-hybridized carbons (Fsp3) is 0.818. The van der Waals surface area contributed by atoms with E-state index in [0.29, 0.717) is 18.2 Å². The Bertz CT molecular complexity index is 233. The molecule has 0 saturated heterocycles. The van der Waals surface area contributed by atoms with Gasteiger partial charge in [-0.3, -0.25) is 9.59 Å². The lowest BCUT2D eigenvalue weighted by Crippen LogP contribution is -2.33. The second-order valence-corrected chi connectivity index (χ2v) is 5.02. The number of thioether (sulfide) groups is 1. The molecule has 0 fully saturated rings. The highest BCUT2D eigenvalue weighted by Crippen LogP contribution is 2.14. The zero-order chi connectivity index (χ0) is 12.6. The highest BCUT2D eigenvalue weighted by Gasteiger charge is 2.17. The van der Waals surface area contributed by atoms with E-state index in [-0.39, 0.29) is 17.6 Å². The number of carbonyl (C=O) groups excluding carboxylic acids is 1. The number of carboxylic acids is 1. The molecule has 1 amide bonds. The van der Waals surface area contributed by atoms with E-state index in [1.807, 2.05) is 6.92 Å². The highest BCUT2D eigenvalue weighted by molar-refractivity contribution is 7.99. The minimum absolute atomic E-state index is 0.0227. The molecule has 4 nitrogen and oxygen atoms in total. The Morgan fingerprint density at radius 2 is 2.00 bits per heavy atom. The molecule has 0 aromatic heterocycles. The normalized spacial score (nSPS) is 14.2. The maximum Gasteiger partial charge on any atom is 0.313 e. The predicted molar refractivity (Wildman–Crippen MR) is 66.6 cm³/mol. The van der Waals surface area contributed by atoms with Crippen LogP contribution in [0.15, 0.2) is 0 Å². The quantitative estimate of drug-likeness (QED) is 0.639. The van der Waals surface area contributed by atoms with Gasteiger partial charge in [-0.25, -0.2) is 0 Å². The number of hydrogen-bond acceptors (Lipinski definition) is 3. The van der Waals surface area contributed by atoms with E-state index in [0.717, 1.165) is 6.42 Å². The third-order valence-electron chi connectivity index (χ3n) is 2.68. The number of nitrogens with one attached hydrogen (secondary N) is 1. The number of carbonyl (C=O) groups is 2. The molecule has 5 heteroatoms. The van der Waals surface area contributed by atoms with Crippen molar-refractivity contribution < 1.29 is 14.7 Å². The number of hydrogen-bond donors (Lipinski definition) is 2. The fourth-order valence-corrected chi connectivity index (χ4v) is 1.74. The van der Waals surface area contributed by atoms with Gasteiger partial charge in [-0.05, 0) is 5.92 Å². The average molecular weight is 247 g/mol. The predicted octanol–water partition coefficient (Wildman–Crippen LogP) is 1.60. The molecule has 0 aromatic carbocycles. The maximum absolute atomic E-state index is 11.6. The Labute approximate surface area is 101 Å². The molecule has 2 N–H and O–H groups in total. The molecule has 2 unspecified atom stereocenters. The molecule has 0 aliphatic rings. The summed E-state index contributed by atoms with van der Waals surface area (Å²) in [7, 11) is 0. The summed E-state index contributed by atoms with van der Waals surface area (Å²) in [4.78, 5) is 21.8. The summed E-state index contributed by atoms with van der Waals surface area (Å²) in [5.41, 5.74) is 0. The molecule has 0 saturated carbocycles. The first kappa shape index (κ1) is 15.3. The van der Waals surface area contributed by atoms with Crippen molar-refractivity contribution in [3.8, 4) is 0 Å². The van der Waals surface area contributed by atoms with Crippen LogP contribution in [0, 0.1) is 11.8 Å². The van der Waals surface area contributed by atoms with Gasteiger partial charge in [-0.2, -0.15) is 0 Å². The first-order valence-electron chi connectivity index (χ1n) is 5.56. The number of amides is 1. The molecule has 0 spiro atoms. The molecule has 2 atom stereocenters. The minimum atomic E-state index is -0.815. The first-order chi connectivity index (χ1) is 7.49. The van der Waals surface area contributed by atoms with Crippen molar-refractivity contribution in [1.29, 1.82) is 0 Å². The van der Waals surface area contributed by atoms with Gasteiger partial charge in [0.25, 0.3) is 0 Å². The van der Waals surface area contributed by atoms with Crippen molar-refractivity contribution in [3.63, 3.8) is 0 Å². The molecule has 94 valence electrons. The van der Waals surface area contributed by atoms with Gasteiger partial charge in [0.2, 0.25) is 5.91 Å². The van der Waals surface area contributed by atoms with E-state index in [2.05, 4.69) is 19.2 Å². The zero-order valence-corrected chi connectivity index (χ0v) is 11.0. The van der Waals surface area contributed by atoms with Crippen LogP contribution in [0.2, 0.25) is 0 Å². The van der Waals surface area contributed by atoms with Gasteiger partial charge in [-0.15, -0.1) is 11.8 Å². The van der Waals surface area contributed by atoms with E-state index in [1.54, 1.807) is 0 Å². The smallest absolute Gasteiger partial charge is 0.313 e. The molecule has 16 heavy (non-hydrogen) atoms. The number of rotatable bonds is 8. The Morgan fingerprint density at radius 1 is 1.38 bits per heavy atom. The lowest BCUT2D eigenvalue weighted by Gasteiger charge is -2.17. The third-order valence-corrected chi connectivity index (χ3v) is 3.63. The van der Waals surface area contributed by atoms with Crippen LogP contribution in [0.25, 0.3) is 0 Å². The van der Waals surface area contributed by atoms with Gasteiger partial charge >= 0.3 is 5.97 Å². The van der Waals surface area contributed by atoms with Crippen LogP contribution >= 0.6 is 11.8 Å². The van der Waals surface area contributed by atoms with Crippen molar-refractivity contribution in [2.24, 2.45) is 11.8 Å². The lowest BCUT2D eigenvalue weighted by molar-refractivity contribution is -0.134. The Balaban J connectivity index is 3.61. The third kappa shape index (κ3) is 6.71. The molecule has 0 rings (SSSR count). The Kier molecular flexibility index (Phi) is 8.07. The van der Waals surface area contributed by atoms with Crippen molar-refractivity contribution in [1.82, 2.24) is 5.32 Å². The fourth-order valence-electron chi connectivity index (χ4n) is 1.18. The van der Waals surface area contributed by atoms with Crippen LogP contribution in [0.3, 0.4) is 0 Å². The largest absolute Gasteiger partial charge is 0.481 e. The molecular formula is C11H21NO3S. The van der Waals surface area contributed by atoms with Crippen LogP contribution < -0.4 is 5.32 Å². The average Bonchev–Trinajstić information content (AvgIpc) is 2.25. The van der Waals surface area contributed by atoms with E-state index in [9.17, 15) is 9.59 Å². The molecule has 0 heterocycles. The van der Waals surface area contributed by atoms with Crippen molar-refractivity contribution in [3.05, 3.63) is 0 Å². The van der Waals surface area contributed by atoms with Crippen molar-refractivity contribution in [2.75, 3.05) is 18.1 Å². The summed E-state index contributed by atoms with van der Waals surface area (Å²) >= 11 is 1.31. The summed E-state index contributed by atoms with van der Waals surface area (Å²) in [6.07, 6.45) is 0.988. The van der Waals surface area contributed by atoms with Crippen LogP contribution in [0.5, 0.6) is 0 Å². The van der Waals surface area contributed by atoms with Crippen LogP contribution in [0.1, 0.15) is 27.2 Å².